The van der Waals surface area contributed by atoms with E-state index < -0.39 is 0 Å². The molecule has 0 aliphatic rings. The Balaban J connectivity index is 2.20. The maximum Gasteiger partial charge on any atom is 0.0732 e. The number of aromatic nitrogens is 1. The zero-order valence-electron chi connectivity index (χ0n) is 10.9. The van der Waals surface area contributed by atoms with Crippen LogP contribution in [-0.4, -0.2) is 22.4 Å². The monoisotopic (exact) mass is 255 g/mol. The van der Waals surface area contributed by atoms with Crippen LogP contribution in [0.5, 0.6) is 0 Å². The number of para-hydroxylation sites is 1. The largest absolute Gasteiger partial charge is 0.411 e. The summed E-state index contributed by atoms with van der Waals surface area (Å²) in [6.07, 6.45) is 1.78. The van der Waals surface area contributed by atoms with E-state index in [1.165, 1.54) is 0 Å². The summed E-state index contributed by atoms with van der Waals surface area (Å²) in [6.45, 7) is 3.04. The predicted molar refractivity (Wildman–Crippen MR) is 76.6 cm³/mol. The van der Waals surface area contributed by atoms with Crippen LogP contribution in [0.25, 0.3) is 0 Å². The van der Waals surface area contributed by atoms with Crippen molar-refractivity contribution in [1.82, 2.24) is 4.98 Å². The van der Waals surface area contributed by atoms with Crippen molar-refractivity contribution in [2.45, 2.75) is 13.5 Å². The molecular formula is C15H17N3O. The molecule has 0 radical (unpaired) electrons. The molecule has 1 aromatic heterocycles. The smallest absolute Gasteiger partial charge is 0.0732 e. The molecule has 0 atom stereocenters. The first-order valence-corrected chi connectivity index (χ1v) is 6.17. The Bertz CT molecular complexity index is 526. The van der Waals surface area contributed by atoms with Crippen molar-refractivity contribution in [2.75, 3.05) is 11.4 Å². The molecule has 4 heteroatoms. The molecule has 1 N–H and O–H groups in total. The van der Waals surface area contributed by atoms with Crippen LogP contribution in [-0.2, 0) is 6.54 Å². The van der Waals surface area contributed by atoms with Gasteiger partial charge in [-0.15, -0.1) is 0 Å². The lowest BCUT2D eigenvalue weighted by Gasteiger charge is -2.24. The Morgan fingerprint density at radius 1 is 1.16 bits per heavy atom. The van der Waals surface area contributed by atoms with Crippen molar-refractivity contribution in [2.24, 2.45) is 5.16 Å². The number of hydrogen-bond donors (Lipinski definition) is 1. The van der Waals surface area contributed by atoms with Crippen LogP contribution in [0, 0.1) is 0 Å². The SMILES string of the molecule is C/C(CN(Cc1ccccn1)c1ccccc1)=N\O. The highest BCUT2D eigenvalue weighted by Crippen LogP contribution is 2.15. The summed E-state index contributed by atoms with van der Waals surface area (Å²) < 4.78 is 0. The first-order chi connectivity index (χ1) is 9.29. The standard InChI is InChI=1S/C15H17N3O/c1-13(17-19)11-18(15-8-3-2-4-9-15)12-14-7-5-6-10-16-14/h2-10,19H,11-12H2,1H3/b17-13+. The normalized spacial score (nSPS) is 11.3. The lowest BCUT2D eigenvalue weighted by molar-refractivity contribution is 0.318. The van der Waals surface area contributed by atoms with Crippen LogP contribution in [0.4, 0.5) is 5.69 Å². The van der Waals surface area contributed by atoms with E-state index in [0.29, 0.717) is 18.8 Å². The Morgan fingerprint density at radius 3 is 2.53 bits per heavy atom. The number of hydrogen-bond acceptors (Lipinski definition) is 4. The van der Waals surface area contributed by atoms with Crippen molar-refractivity contribution < 1.29 is 5.21 Å². The van der Waals surface area contributed by atoms with Crippen molar-refractivity contribution in [3.63, 3.8) is 0 Å². The Morgan fingerprint density at radius 2 is 1.89 bits per heavy atom. The van der Waals surface area contributed by atoms with Crippen LogP contribution in [0.15, 0.2) is 59.9 Å². The van der Waals surface area contributed by atoms with Gasteiger partial charge in [-0.1, -0.05) is 29.4 Å². The Labute approximate surface area is 113 Å². The van der Waals surface area contributed by atoms with Crippen LogP contribution in [0.2, 0.25) is 0 Å². The van der Waals surface area contributed by atoms with Gasteiger partial charge in [-0.3, -0.25) is 4.98 Å². The van der Waals surface area contributed by atoms with Gasteiger partial charge < -0.3 is 10.1 Å². The number of oxime groups is 1. The third-order valence-electron chi connectivity index (χ3n) is 2.79. The number of benzene rings is 1. The molecule has 0 saturated heterocycles. The molecule has 98 valence electrons. The molecule has 0 aliphatic heterocycles. The fourth-order valence-electron chi connectivity index (χ4n) is 1.87. The first-order valence-electron chi connectivity index (χ1n) is 6.17. The van der Waals surface area contributed by atoms with Crippen molar-refractivity contribution >= 4 is 11.4 Å². The fraction of sp³-hybridized carbons (Fsp3) is 0.200. The van der Waals surface area contributed by atoms with Gasteiger partial charge in [0.25, 0.3) is 0 Å². The molecule has 0 saturated carbocycles. The Hall–Kier alpha value is -2.36. The minimum absolute atomic E-state index is 0.567. The van der Waals surface area contributed by atoms with Crippen molar-refractivity contribution in [1.29, 1.82) is 0 Å². The molecular weight excluding hydrogens is 238 g/mol. The molecule has 0 fully saturated rings. The topological polar surface area (TPSA) is 48.7 Å². The van der Waals surface area contributed by atoms with E-state index in [1.54, 1.807) is 13.1 Å². The van der Waals surface area contributed by atoms with Gasteiger partial charge in [-0.2, -0.15) is 0 Å². The number of anilines is 1. The first kappa shape index (κ1) is 13.1. The van der Waals surface area contributed by atoms with Crippen LogP contribution in [0.1, 0.15) is 12.6 Å². The Kier molecular flexibility index (Phi) is 4.50. The van der Waals surface area contributed by atoms with E-state index in [0.717, 1.165) is 11.4 Å². The minimum atomic E-state index is 0.567. The van der Waals surface area contributed by atoms with Crippen LogP contribution in [0.3, 0.4) is 0 Å². The number of rotatable bonds is 5. The average molecular weight is 255 g/mol. The van der Waals surface area contributed by atoms with E-state index in [1.807, 2.05) is 48.5 Å². The maximum atomic E-state index is 8.84. The summed E-state index contributed by atoms with van der Waals surface area (Å²) in [6, 6.07) is 15.9. The molecule has 0 amide bonds. The van der Waals surface area contributed by atoms with Gasteiger partial charge in [0.1, 0.15) is 0 Å². The third-order valence-corrected chi connectivity index (χ3v) is 2.79. The van der Waals surface area contributed by atoms with Gasteiger partial charge in [0, 0.05) is 11.9 Å². The predicted octanol–water partition coefficient (Wildman–Crippen LogP) is 2.94. The third kappa shape index (κ3) is 3.81. The van der Waals surface area contributed by atoms with Crippen molar-refractivity contribution in [3.05, 3.63) is 60.4 Å². The molecule has 2 aromatic rings. The number of nitrogens with zero attached hydrogens (tertiary/aromatic N) is 3. The summed E-state index contributed by atoms with van der Waals surface area (Å²) in [7, 11) is 0. The van der Waals surface area contributed by atoms with E-state index in [4.69, 9.17) is 5.21 Å². The molecule has 0 unspecified atom stereocenters. The van der Waals surface area contributed by atoms with Gasteiger partial charge >= 0.3 is 0 Å². The minimum Gasteiger partial charge on any atom is -0.411 e. The number of pyridine rings is 1. The average Bonchev–Trinajstić information content (AvgIpc) is 2.48. The fourth-order valence-corrected chi connectivity index (χ4v) is 1.87. The molecule has 0 spiro atoms. The van der Waals surface area contributed by atoms with Gasteiger partial charge in [-0.05, 0) is 31.2 Å². The van der Waals surface area contributed by atoms with Crippen LogP contribution < -0.4 is 4.90 Å². The molecule has 0 aliphatic carbocycles. The second-order valence-corrected chi connectivity index (χ2v) is 4.35. The highest BCUT2D eigenvalue weighted by atomic mass is 16.4. The molecule has 0 bridgehead atoms. The molecule has 2 rings (SSSR count). The highest BCUT2D eigenvalue weighted by molar-refractivity contribution is 5.86. The van der Waals surface area contributed by atoms with E-state index >= 15 is 0 Å². The lowest BCUT2D eigenvalue weighted by Crippen LogP contribution is -2.28. The summed E-state index contributed by atoms with van der Waals surface area (Å²) in [4.78, 5) is 6.46. The van der Waals surface area contributed by atoms with E-state index in [9.17, 15) is 0 Å². The lowest BCUT2D eigenvalue weighted by atomic mass is 10.2. The maximum absolute atomic E-state index is 8.84. The summed E-state index contributed by atoms with van der Waals surface area (Å²) in [5.41, 5.74) is 2.73. The summed E-state index contributed by atoms with van der Waals surface area (Å²) in [5.74, 6) is 0. The highest BCUT2D eigenvalue weighted by Gasteiger charge is 2.09. The molecule has 1 heterocycles. The quantitative estimate of drug-likeness (QED) is 0.507. The van der Waals surface area contributed by atoms with E-state index in [-0.39, 0.29) is 0 Å². The van der Waals surface area contributed by atoms with Gasteiger partial charge in [-0.25, -0.2) is 0 Å². The van der Waals surface area contributed by atoms with Gasteiger partial charge in [0.05, 0.1) is 24.5 Å². The van der Waals surface area contributed by atoms with Crippen molar-refractivity contribution in [3.8, 4) is 0 Å². The second kappa shape index (κ2) is 6.54. The molecule has 4 nitrogen and oxygen atoms in total. The molecule has 19 heavy (non-hydrogen) atoms. The second-order valence-electron chi connectivity index (χ2n) is 4.35. The van der Waals surface area contributed by atoms with Crippen LogP contribution >= 0.6 is 0 Å². The van der Waals surface area contributed by atoms with E-state index in [2.05, 4.69) is 15.0 Å². The van der Waals surface area contributed by atoms with Gasteiger partial charge in [0.15, 0.2) is 0 Å². The molecule has 1 aromatic carbocycles. The summed E-state index contributed by atoms with van der Waals surface area (Å²) >= 11 is 0. The van der Waals surface area contributed by atoms with Gasteiger partial charge in [0.2, 0.25) is 0 Å². The zero-order chi connectivity index (χ0) is 13.5. The zero-order valence-corrected chi connectivity index (χ0v) is 10.9. The summed E-state index contributed by atoms with van der Waals surface area (Å²) in [5, 5.41) is 12.1.